The SMILES string of the molecule is FC(F)(F)CC[C@H](c1ccc(Br)cn1)N1CCNCC1. The second-order valence-corrected chi connectivity index (χ2v) is 5.77. The van der Waals surface area contributed by atoms with E-state index in [2.05, 4.69) is 31.1 Å². The lowest BCUT2D eigenvalue weighted by Gasteiger charge is -2.34. The summed E-state index contributed by atoms with van der Waals surface area (Å²) in [6.07, 6.45) is -3.21. The Hall–Kier alpha value is -0.660. The Morgan fingerprint density at radius 3 is 2.55 bits per heavy atom. The highest BCUT2D eigenvalue weighted by Crippen LogP contribution is 2.31. The summed E-state index contributed by atoms with van der Waals surface area (Å²) in [6.45, 7) is 3.11. The Morgan fingerprint density at radius 1 is 1.30 bits per heavy atom. The molecule has 0 saturated carbocycles. The lowest BCUT2D eigenvalue weighted by molar-refractivity contribution is -0.138. The number of rotatable bonds is 4. The first-order valence-electron chi connectivity index (χ1n) is 6.59. The molecule has 1 atom stereocenters. The van der Waals surface area contributed by atoms with Crippen molar-refractivity contribution in [3.63, 3.8) is 0 Å². The van der Waals surface area contributed by atoms with Crippen molar-refractivity contribution in [2.45, 2.75) is 25.1 Å². The molecule has 1 N–H and O–H groups in total. The molecule has 0 spiro atoms. The Kier molecular flexibility index (Phi) is 5.40. The minimum absolute atomic E-state index is 0.0537. The lowest BCUT2D eigenvalue weighted by Crippen LogP contribution is -2.45. The summed E-state index contributed by atoms with van der Waals surface area (Å²) in [5.74, 6) is 0. The highest BCUT2D eigenvalue weighted by Gasteiger charge is 2.31. The predicted octanol–water partition coefficient (Wildman–Crippen LogP) is 3.13. The van der Waals surface area contributed by atoms with Crippen LogP contribution in [-0.2, 0) is 0 Å². The molecule has 1 aliphatic heterocycles. The van der Waals surface area contributed by atoms with E-state index in [1.165, 1.54) is 0 Å². The summed E-state index contributed by atoms with van der Waals surface area (Å²) < 4.78 is 38.3. The van der Waals surface area contributed by atoms with Crippen molar-refractivity contribution in [1.29, 1.82) is 0 Å². The molecule has 2 rings (SSSR count). The molecule has 0 radical (unpaired) electrons. The van der Waals surface area contributed by atoms with Gasteiger partial charge in [-0.1, -0.05) is 0 Å². The van der Waals surface area contributed by atoms with E-state index in [9.17, 15) is 13.2 Å². The molecule has 0 bridgehead atoms. The molecule has 0 unspecified atom stereocenters. The van der Waals surface area contributed by atoms with Gasteiger partial charge in [-0.25, -0.2) is 0 Å². The fourth-order valence-electron chi connectivity index (χ4n) is 2.40. The van der Waals surface area contributed by atoms with Crippen LogP contribution in [0, 0.1) is 0 Å². The molecule has 1 fully saturated rings. The second-order valence-electron chi connectivity index (χ2n) is 4.86. The van der Waals surface area contributed by atoms with E-state index in [4.69, 9.17) is 0 Å². The van der Waals surface area contributed by atoms with Crippen LogP contribution >= 0.6 is 15.9 Å². The summed E-state index contributed by atoms with van der Waals surface area (Å²) in [4.78, 5) is 6.36. The molecule has 1 aromatic heterocycles. The van der Waals surface area contributed by atoms with Crippen molar-refractivity contribution in [1.82, 2.24) is 15.2 Å². The molecule has 112 valence electrons. The molecule has 0 amide bonds. The topological polar surface area (TPSA) is 28.2 Å². The van der Waals surface area contributed by atoms with Crippen molar-refractivity contribution >= 4 is 15.9 Å². The van der Waals surface area contributed by atoms with Gasteiger partial charge in [-0.05, 0) is 34.5 Å². The van der Waals surface area contributed by atoms with Gasteiger partial charge in [0.15, 0.2) is 0 Å². The number of aromatic nitrogens is 1. The van der Waals surface area contributed by atoms with Crippen LogP contribution in [0.1, 0.15) is 24.6 Å². The van der Waals surface area contributed by atoms with Crippen LogP contribution in [0.4, 0.5) is 13.2 Å². The summed E-state index contributed by atoms with van der Waals surface area (Å²) >= 11 is 3.30. The molecule has 0 aliphatic carbocycles. The van der Waals surface area contributed by atoms with E-state index in [1.54, 1.807) is 12.3 Å². The van der Waals surface area contributed by atoms with E-state index < -0.39 is 12.6 Å². The van der Waals surface area contributed by atoms with Gasteiger partial charge in [0.05, 0.1) is 11.7 Å². The van der Waals surface area contributed by atoms with Gasteiger partial charge in [0.1, 0.15) is 0 Å². The zero-order chi connectivity index (χ0) is 14.6. The Labute approximate surface area is 124 Å². The second kappa shape index (κ2) is 6.87. The number of hydrogen-bond donors (Lipinski definition) is 1. The monoisotopic (exact) mass is 351 g/mol. The van der Waals surface area contributed by atoms with Crippen molar-refractivity contribution in [3.8, 4) is 0 Å². The van der Waals surface area contributed by atoms with Gasteiger partial charge < -0.3 is 5.32 Å². The van der Waals surface area contributed by atoms with Crippen LogP contribution in [-0.4, -0.2) is 42.2 Å². The summed E-state index contributed by atoms with van der Waals surface area (Å²) in [5, 5.41) is 3.21. The minimum Gasteiger partial charge on any atom is -0.314 e. The highest BCUT2D eigenvalue weighted by atomic mass is 79.9. The standard InChI is InChI=1S/C13H17BrF3N3/c14-10-1-2-11(19-9-10)12(3-4-13(15,16)17)20-7-5-18-6-8-20/h1-2,9,12,18H,3-8H2/t12-/m1/s1. The van der Waals surface area contributed by atoms with Gasteiger partial charge in [0.25, 0.3) is 0 Å². The van der Waals surface area contributed by atoms with Gasteiger partial charge in [-0.2, -0.15) is 13.2 Å². The predicted molar refractivity (Wildman–Crippen MR) is 74.4 cm³/mol. The van der Waals surface area contributed by atoms with E-state index in [-0.39, 0.29) is 12.5 Å². The van der Waals surface area contributed by atoms with Gasteiger partial charge in [0.2, 0.25) is 0 Å². The zero-order valence-electron chi connectivity index (χ0n) is 11.0. The number of hydrogen-bond acceptors (Lipinski definition) is 3. The first-order valence-corrected chi connectivity index (χ1v) is 7.38. The zero-order valence-corrected chi connectivity index (χ0v) is 12.5. The molecule has 1 aliphatic rings. The molecule has 20 heavy (non-hydrogen) atoms. The third-order valence-corrected chi connectivity index (χ3v) is 3.85. The third kappa shape index (κ3) is 4.71. The molecule has 0 aromatic carbocycles. The van der Waals surface area contributed by atoms with E-state index in [1.807, 2.05) is 6.07 Å². The molecule has 3 nitrogen and oxygen atoms in total. The van der Waals surface area contributed by atoms with Crippen LogP contribution in [0.15, 0.2) is 22.8 Å². The summed E-state index contributed by atoms with van der Waals surface area (Å²) in [6, 6.07) is 3.35. The molecule has 1 saturated heterocycles. The van der Waals surface area contributed by atoms with E-state index >= 15 is 0 Å². The van der Waals surface area contributed by atoms with Crippen molar-refractivity contribution < 1.29 is 13.2 Å². The molecule has 2 heterocycles. The number of pyridine rings is 1. The van der Waals surface area contributed by atoms with Crippen LogP contribution in [0.2, 0.25) is 0 Å². The number of piperazine rings is 1. The maximum absolute atomic E-state index is 12.5. The number of nitrogens with zero attached hydrogens (tertiary/aromatic N) is 2. The Balaban J connectivity index is 2.12. The average molecular weight is 352 g/mol. The number of alkyl halides is 3. The molecular weight excluding hydrogens is 335 g/mol. The van der Waals surface area contributed by atoms with Crippen LogP contribution in [0.25, 0.3) is 0 Å². The molecule has 7 heteroatoms. The third-order valence-electron chi connectivity index (χ3n) is 3.39. The summed E-state index contributed by atoms with van der Waals surface area (Å²) in [7, 11) is 0. The Morgan fingerprint density at radius 2 is 2.00 bits per heavy atom. The highest BCUT2D eigenvalue weighted by molar-refractivity contribution is 9.10. The van der Waals surface area contributed by atoms with Crippen molar-refractivity contribution in [2.75, 3.05) is 26.2 Å². The maximum atomic E-state index is 12.5. The van der Waals surface area contributed by atoms with E-state index in [0.717, 1.165) is 30.7 Å². The van der Waals surface area contributed by atoms with Gasteiger partial charge in [-0.15, -0.1) is 0 Å². The number of nitrogens with one attached hydrogen (secondary N) is 1. The minimum atomic E-state index is -4.12. The Bertz CT molecular complexity index is 416. The number of halogens is 4. The van der Waals surface area contributed by atoms with E-state index in [0.29, 0.717) is 5.69 Å². The lowest BCUT2D eigenvalue weighted by atomic mass is 10.0. The maximum Gasteiger partial charge on any atom is 0.389 e. The first-order chi connectivity index (χ1) is 9.46. The first kappa shape index (κ1) is 15.7. The molecular formula is C13H17BrF3N3. The van der Waals surface area contributed by atoms with Crippen LogP contribution in [0.3, 0.4) is 0 Å². The summed E-state index contributed by atoms with van der Waals surface area (Å²) in [5.41, 5.74) is 0.708. The van der Waals surface area contributed by atoms with Gasteiger partial charge in [-0.3, -0.25) is 9.88 Å². The van der Waals surface area contributed by atoms with Crippen molar-refractivity contribution in [3.05, 3.63) is 28.5 Å². The van der Waals surface area contributed by atoms with Gasteiger partial charge >= 0.3 is 6.18 Å². The fraction of sp³-hybridized carbons (Fsp3) is 0.615. The average Bonchev–Trinajstić information content (AvgIpc) is 2.41. The van der Waals surface area contributed by atoms with Crippen molar-refractivity contribution in [2.24, 2.45) is 0 Å². The van der Waals surface area contributed by atoms with Gasteiger partial charge in [0, 0.05) is 43.3 Å². The quantitative estimate of drug-likeness (QED) is 0.903. The largest absolute Gasteiger partial charge is 0.389 e. The fourth-order valence-corrected chi connectivity index (χ4v) is 2.63. The van der Waals surface area contributed by atoms with Crippen LogP contribution in [0.5, 0.6) is 0 Å². The smallest absolute Gasteiger partial charge is 0.314 e. The van der Waals surface area contributed by atoms with Crippen LogP contribution < -0.4 is 5.32 Å². The molecule has 1 aromatic rings. The normalized spacial score (nSPS) is 19.0.